The fourth-order valence-corrected chi connectivity index (χ4v) is 5.72. The second kappa shape index (κ2) is 15.2. The number of pyridine rings is 1. The number of hydrogen-bond donors (Lipinski definition) is 6. The smallest absolute Gasteiger partial charge is 0.296 e. The number of rotatable bonds is 15. The first kappa shape index (κ1) is 36.0. The Morgan fingerprint density at radius 3 is 2.00 bits per heavy atom. The molecule has 0 bridgehead atoms. The minimum atomic E-state index is -4.89. The van der Waals surface area contributed by atoms with Crippen LogP contribution >= 0.6 is 0 Å². The van der Waals surface area contributed by atoms with E-state index in [1.807, 2.05) is 6.07 Å². The van der Waals surface area contributed by atoms with Crippen molar-refractivity contribution >= 4 is 64.5 Å². The summed E-state index contributed by atoms with van der Waals surface area (Å²) in [6.07, 6.45) is 0. The first-order chi connectivity index (χ1) is 21.6. The average Bonchev–Trinajstić information content (AvgIpc) is 2.98. The van der Waals surface area contributed by atoms with Crippen molar-refractivity contribution in [1.82, 2.24) is 4.98 Å². The van der Waals surface area contributed by atoms with Crippen LogP contribution in [0.25, 0.3) is 0 Å². The zero-order valence-corrected chi connectivity index (χ0v) is 26.4. The number of hydrogen-bond acceptors (Lipinski definition) is 16. The van der Waals surface area contributed by atoms with Crippen LogP contribution < -0.4 is 10.6 Å². The number of aromatic nitrogens is 1. The van der Waals surface area contributed by atoms with Gasteiger partial charge in [0, 0.05) is 18.7 Å². The Morgan fingerprint density at radius 1 is 0.783 bits per heavy atom. The molecule has 0 saturated carbocycles. The lowest BCUT2D eigenvalue weighted by atomic mass is 10.1. The van der Waals surface area contributed by atoms with Gasteiger partial charge in [-0.1, -0.05) is 0 Å². The maximum atomic E-state index is 12.2. The van der Waals surface area contributed by atoms with Crippen molar-refractivity contribution < 1.29 is 44.6 Å². The van der Waals surface area contributed by atoms with Crippen molar-refractivity contribution in [1.29, 1.82) is 5.26 Å². The number of azo groups is 2. The fourth-order valence-electron chi connectivity index (χ4n) is 3.70. The lowest BCUT2D eigenvalue weighted by Crippen LogP contribution is -2.21. The first-order valence-electron chi connectivity index (χ1n) is 13.0. The van der Waals surface area contributed by atoms with Crippen molar-refractivity contribution in [2.75, 3.05) is 48.4 Å². The first-order valence-corrected chi connectivity index (χ1v) is 17.7. The standard InChI is InChI=1S/C25H28N8O10S3/c1-16-20(15-26)24(28-9-12-44(36,37)13-11-35)29-25(27-8-10-34)23(16)33-32-21-7-4-18(14-22(21)46(41,42)43)31-30-17-2-5-19(6-3-17)45(38,39)40/h2-7,14,34-35H,8-13H2,1H3,(H2,27,28,29)(H,38,39,40)(H,41,42,43)/b31-30+,33-32+. The highest BCUT2D eigenvalue weighted by Crippen LogP contribution is 2.36. The number of sulfone groups is 1. The molecular formula is C25H28N8O10S3. The Morgan fingerprint density at radius 2 is 1.41 bits per heavy atom. The topological polar surface area (TPSA) is 294 Å². The van der Waals surface area contributed by atoms with E-state index >= 15 is 0 Å². The summed E-state index contributed by atoms with van der Waals surface area (Å²) in [6, 6.07) is 10.0. The van der Waals surface area contributed by atoms with E-state index in [0.717, 1.165) is 18.2 Å². The monoisotopic (exact) mass is 696 g/mol. The predicted octanol–water partition coefficient (Wildman–Crippen LogP) is 2.81. The number of aliphatic hydroxyl groups excluding tert-OH is 2. The van der Waals surface area contributed by atoms with Gasteiger partial charge in [0.05, 0.1) is 46.6 Å². The van der Waals surface area contributed by atoms with Crippen LogP contribution in [0.1, 0.15) is 11.1 Å². The van der Waals surface area contributed by atoms with Crippen LogP contribution in [0.15, 0.2) is 72.7 Å². The minimum Gasteiger partial charge on any atom is -0.395 e. The van der Waals surface area contributed by atoms with E-state index < -0.39 is 47.3 Å². The Labute approximate surface area is 264 Å². The van der Waals surface area contributed by atoms with Gasteiger partial charge in [-0.25, -0.2) is 13.4 Å². The van der Waals surface area contributed by atoms with Gasteiger partial charge in [0.2, 0.25) is 0 Å². The highest BCUT2D eigenvalue weighted by atomic mass is 32.2. The summed E-state index contributed by atoms with van der Waals surface area (Å²) in [6.45, 7) is 0.469. The molecule has 0 fully saturated rings. The number of anilines is 2. The van der Waals surface area contributed by atoms with E-state index in [1.165, 1.54) is 31.2 Å². The maximum absolute atomic E-state index is 12.2. The van der Waals surface area contributed by atoms with Gasteiger partial charge < -0.3 is 20.8 Å². The third kappa shape index (κ3) is 9.78. The third-order valence-electron chi connectivity index (χ3n) is 5.93. The summed E-state index contributed by atoms with van der Waals surface area (Å²) in [7, 11) is -12.9. The van der Waals surface area contributed by atoms with Gasteiger partial charge in [-0.15, -0.1) is 10.2 Å². The molecule has 21 heteroatoms. The van der Waals surface area contributed by atoms with E-state index in [2.05, 4.69) is 36.1 Å². The van der Waals surface area contributed by atoms with Gasteiger partial charge >= 0.3 is 0 Å². The number of aliphatic hydroxyl groups is 2. The van der Waals surface area contributed by atoms with Gasteiger partial charge in [-0.2, -0.15) is 32.3 Å². The number of nitriles is 1. The quantitative estimate of drug-likeness (QED) is 0.0984. The van der Waals surface area contributed by atoms with E-state index in [9.17, 15) is 40.2 Å². The normalized spacial score (nSPS) is 12.4. The molecule has 3 aromatic rings. The van der Waals surface area contributed by atoms with Gasteiger partial charge in [-0.05, 0) is 49.4 Å². The van der Waals surface area contributed by atoms with Gasteiger partial charge in [0.1, 0.15) is 28.2 Å². The molecule has 0 spiro atoms. The molecule has 46 heavy (non-hydrogen) atoms. The van der Waals surface area contributed by atoms with Gasteiger partial charge in [0.25, 0.3) is 20.2 Å². The van der Waals surface area contributed by atoms with Crippen LogP contribution in [-0.2, 0) is 30.1 Å². The summed E-state index contributed by atoms with van der Waals surface area (Å²) >= 11 is 0. The maximum Gasteiger partial charge on any atom is 0.296 e. The molecule has 0 aliphatic heterocycles. The summed E-state index contributed by atoms with van der Waals surface area (Å²) in [5.41, 5.74) is -0.0620. The second-order valence-electron chi connectivity index (χ2n) is 9.22. The van der Waals surface area contributed by atoms with Crippen molar-refractivity contribution in [2.45, 2.75) is 16.7 Å². The summed E-state index contributed by atoms with van der Waals surface area (Å²) in [4.78, 5) is 3.21. The molecule has 1 heterocycles. The third-order valence-corrected chi connectivity index (χ3v) is 9.31. The highest BCUT2D eigenvalue weighted by Gasteiger charge is 2.20. The molecule has 6 N–H and O–H groups in total. The lowest BCUT2D eigenvalue weighted by Gasteiger charge is -2.15. The van der Waals surface area contributed by atoms with Crippen LogP contribution in [0.4, 0.5) is 34.4 Å². The summed E-state index contributed by atoms with van der Waals surface area (Å²) in [5.74, 6) is -0.778. The zero-order valence-electron chi connectivity index (χ0n) is 23.9. The largest absolute Gasteiger partial charge is 0.395 e. The van der Waals surface area contributed by atoms with Crippen molar-refractivity contribution in [3.05, 3.63) is 53.6 Å². The van der Waals surface area contributed by atoms with E-state index in [-0.39, 0.29) is 75.9 Å². The molecule has 0 atom stereocenters. The second-order valence-corrected chi connectivity index (χ2v) is 14.3. The molecule has 18 nitrogen and oxygen atoms in total. The Bertz CT molecular complexity index is 2010. The molecule has 246 valence electrons. The highest BCUT2D eigenvalue weighted by molar-refractivity contribution is 7.91. The van der Waals surface area contributed by atoms with E-state index in [0.29, 0.717) is 0 Å². The summed E-state index contributed by atoms with van der Waals surface area (Å²) in [5, 5.41) is 49.3. The van der Waals surface area contributed by atoms with Crippen molar-refractivity contribution in [3.8, 4) is 6.07 Å². The zero-order chi connectivity index (χ0) is 34.1. The van der Waals surface area contributed by atoms with Crippen LogP contribution in [0.5, 0.6) is 0 Å². The number of benzene rings is 2. The molecule has 0 amide bonds. The Balaban J connectivity index is 1.98. The molecular weight excluding hydrogens is 669 g/mol. The molecule has 0 aliphatic carbocycles. The number of nitrogens with zero attached hydrogens (tertiary/aromatic N) is 6. The van der Waals surface area contributed by atoms with Crippen molar-refractivity contribution in [3.63, 3.8) is 0 Å². The van der Waals surface area contributed by atoms with E-state index in [1.54, 1.807) is 0 Å². The SMILES string of the molecule is Cc1c(C#N)c(NCCS(=O)(=O)CCO)nc(NCCO)c1/N=N/c1ccc(/N=N/c2ccc(S(=O)(=O)O)cc2)cc1S(=O)(=O)O. The predicted molar refractivity (Wildman–Crippen MR) is 164 cm³/mol. The Hall–Kier alpha value is -4.43. The van der Waals surface area contributed by atoms with Gasteiger partial charge in [-0.3, -0.25) is 9.11 Å². The summed E-state index contributed by atoms with van der Waals surface area (Å²) < 4.78 is 89.6. The average molecular weight is 697 g/mol. The molecule has 2 aromatic carbocycles. The van der Waals surface area contributed by atoms with Crippen LogP contribution in [-0.4, -0.2) is 87.4 Å². The van der Waals surface area contributed by atoms with E-state index in [4.69, 9.17) is 9.66 Å². The fraction of sp³-hybridized carbons (Fsp3) is 0.280. The van der Waals surface area contributed by atoms with Gasteiger partial charge in [0.15, 0.2) is 15.7 Å². The number of nitrogens with one attached hydrogen (secondary N) is 2. The Kier molecular flexibility index (Phi) is 11.9. The molecule has 0 unspecified atom stereocenters. The molecule has 0 saturated heterocycles. The molecule has 0 aliphatic rings. The minimum absolute atomic E-state index is 0.000414. The molecule has 0 radical (unpaired) electrons. The van der Waals surface area contributed by atoms with Crippen LogP contribution in [0, 0.1) is 18.3 Å². The van der Waals surface area contributed by atoms with Crippen molar-refractivity contribution in [2.24, 2.45) is 20.5 Å². The lowest BCUT2D eigenvalue weighted by molar-refractivity contribution is 0.311. The molecule has 1 aromatic heterocycles. The molecule has 3 rings (SSSR count). The van der Waals surface area contributed by atoms with Crippen LogP contribution in [0.3, 0.4) is 0 Å². The van der Waals surface area contributed by atoms with Crippen LogP contribution in [0.2, 0.25) is 0 Å².